The standard InChI is InChI=1S/C9H11F3N4O2/c1-14-6-5(7(17)15(2)8(14)18)16(4-13-6)3-9(10,11)12/h4-6H,3H2,1-2H3. The van der Waals surface area contributed by atoms with E-state index in [0.29, 0.717) is 0 Å². The van der Waals surface area contributed by atoms with Crippen molar-refractivity contribution in [3.05, 3.63) is 0 Å². The Morgan fingerprint density at radius 1 is 1.33 bits per heavy atom. The number of rotatable bonds is 1. The number of imide groups is 1. The Labute approximate surface area is 101 Å². The minimum absolute atomic E-state index is 0.577. The first-order valence-corrected chi connectivity index (χ1v) is 5.12. The SMILES string of the molecule is CN1C(=O)C2C(N=CN2CC(F)(F)F)N(C)C1=O. The summed E-state index contributed by atoms with van der Waals surface area (Å²) in [5.74, 6) is -0.676. The van der Waals surface area contributed by atoms with Gasteiger partial charge < -0.3 is 9.80 Å². The summed E-state index contributed by atoms with van der Waals surface area (Å²) in [6.45, 7) is -1.26. The molecule has 2 heterocycles. The van der Waals surface area contributed by atoms with Gasteiger partial charge in [-0.25, -0.2) is 9.79 Å². The molecule has 0 saturated carbocycles. The minimum Gasteiger partial charge on any atom is -0.338 e. The Balaban J connectivity index is 2.24. The van der Waals surface area contributed by atoms with Gasteiger partial charge in [0.1, 0.15) is 6.54 Å². The predicted molar refractivity (Wildman–Crippen MR) is 54.8 cm³/mol. The summed E-state index contributed by atoms with van der Waals surface area (Å²) < 4.78 is 37.1. The fourth-order valence-corrected chi connectivity index (χ4v) is 2.05. The van der Waals surface area contributed by atoms with Crippen LogP contribution in [0.1, 0.15) is 0 Å². The van der Waals surface area contributed by atoms with Crippen LogP contribution in [0.25, 0.3) is 0 Å². The number of alkyl halides is 3. The van der Waals surface area contributed by atoms with Gasteiger partial charge in [-0.1, -0.05) is 0 Å². The fraction of sp³-hybridized carbons (Fsp3) is 0.667. The highest BCUT2D eigenvalue weighted by Gasteiger charge is 2.50. The molecule has 100 valence electrons. The third kappa shape index (κ3) is 1.89. The maximum absolute atomic E-state index is 12.4. The van der Waals surface area contributed by atoms with Gasteiger partial charge in [0.25, 0.3) is 5.91 Å². The molecule has 18 heavy (non-hydrogen) atoms. The molecule has 0 aromatic heterocycles. The van der Waals surface area contributed by atoms with Gasteiger partial charge in [-0.3, -0.25) is 9.69 Å². The zero-order chi connectivity index (χ0) is 13.7. The summed E-state index contributed by atoms with van der Waals surface area (Å²) in [4.78, 5) is 30.0. The first-order valence-electron chi connectivity index (χ1n) is 5.12. The van der Waals surface area contributed by atoms with Crippen LogP contribution in [0.4, 0.5) is 18.0 Å². The van der Waals surface area contributed by atoms with Crippen LogP contribution in [0.3, 0.4) is 0 Å². The van der Waals surface area contributed by atoms with Crippen molar-refractivity contribution in [1.82, 2.24) is 14.7 Å². The van der Waals surface area contributed by atoms with E-state index in [1.165, 1.54) is 14.1 Å². The number of nitrogens with zero attached hydrogens (tertiary/aromatic N) is 4. The van der Waals surface area contributed by atoms with Gasteiger partial charge in [-0.05, 0) is 0 Å². The van der Waals surface area contributed by atoms with Crippen LogP contribution in [0.15, 0.2) is 4.99 Å². The quantitative estimate of drug-likeness (QED) is 0.675. The second kappa shape index (κ2) is 3.85. The number of hydrogen-bond donors (Lipinski definition) is 0. The largest absolute Gasteiger partial charge is 0.405 e. The molecule has 0 aromatic carbocycles. The van der Waals surface area contributed by atoms with Gasteiger partial charge in [0.15, 0.2) is 12.2 Å². The molecular formula is C9H11F3N4O2. The van der Waals surface area contributed by atoms with E-state index in [9.17, 15) is 22.8 Å². The summed E-state index contributed by atoms with van der Waals surface area (Å²) in [6, 6.07) is -1.67. The number of carbonyl (C=O) groups is 2. The number of aliphatic imine (C=N–C) groups is 1. The Hall–Kier alpha value is -1.80. The van der Waals surface area contributed by atoms with Gasteiger partial charge in [0.2, 0.25) is 0 Å². The van der Waals surface area contributed by atoms with Crippen molar-refractivity contribution in [3.63, 3.8) is 0 Å². The minimum atomic E-state index is -4.43. The smallest absolute Gasteiger partial charge is 0.338 e. The number of fused-ring (bicyclic) bond motifs is 1. The maximum Gasteiger partial charge on any atom is 0.405 e. The zero-order valence-electron chi connectivity index (χ0n) is 9.68. The van der Waals surface area contributed by atoms with E-state index < -0.39 is 36.9 Å². The Morgan fingerprint density at radius 2 is 1.94 bits per heavy atom. The third-order valence-electron chi connectivity index (χ3n) is 2.94. The highest BCUT2D eigenvalue weighted by Crippen LogP contribution is 2.27. The van der Waals surface area contributed by atoms with Crippen LogP contribution < -0.4 is 0 Å². The zero-order valence-corrected chi connectivity index (χ0v) is 9.68. The lowest BCUT2D eigenvalue weighted by molar-refractivity contribution is -0.151. The molecule has 0 N–H and O–H groups in total. The van der Waals surface area contributed by atoms with Crippen molar-refractivity contribution >= 4 is 18.3 Å². The molecule has 3 amide bonds. The first-order chi connectivity index (χ1) is 8.22. The molecule has 0 aromatic rings. The van der Waals surface area contributed by atoms with Crippen LogP contribution in [0, 0.1) is 0 Å². The van der Waals surface area contributed by atoms with Crippen LogP contribution >= 0.6 is 0 Å². The highest BCUT2D eigenvalue weighted by molar-refractivity contribution is 6.01. The molecule has 0 bridgehead atoms. The molecular weight excluding hydrogens is 253 g/mol. The van der Waals surface area contributed by atoms with E-state index in [-0.39, 0.29) is 0 Å². The van der Waals surface area contributed by atoms with Gasteiger partial charge in [-0.2, -0.15) is 13.2 Å². The van der Waals surface area contributed by atoms with E-state index in [2.05, 4.69) is 4.99 Å². The molecule has 6 nitrogen and oxygen atoms in total. The summed E-state index contributed by atoms with van der Waals surface area (Å²) in [5, 5.41) is 0. The van der Waals surface area contributed by atoms with E-state index in [1.54, 1.807) is 0 Å². The molecule has 9 heteroatoms. The lowest BCUT2D eigenvalue weighted by Crippen LogP contribution is -2.64. The third-order valence-corrected chi connectivity index (χ3v) is 2.94. The van der Waals surface area contributed by atoms with Crippen molar-refractivity contribution in [2.24, 2.45) is 4.99 Å². The summed E-state index contributed by atoms with van der Waals surface area (Å²) >= 11 is 0. The Morgan fingerprint density at radius 3 is 2.50 bits per heavy atom. The fourth-order valence-electron chi connectivity index (χ4n) is 2.05. The van der Waals surface area contributed by atoms with Crippen molar-refractivity contribution in [1.29, 1.82) is 0 Å². The second-order valence-corrected chi connectivity index (χ2v) is 4.20. The number of likely N-dealkylation sites (N-methyl/N-ethyl adjacent to an activating group) is 2. The van der Waals surface area contributed by atoms with E-state index in [0.717, 1.165) is 21.0 Å². The molecule has 2 aliphatic rings. The van der Waals surface area contributed by atoms with Crippen LogP contribution in [-0.4, -0.2) is 72.0 Å². The molecule has 2 aliphatic heterocycles. The maximum atomic E-state index is 12.4. The Kier molecular flexibility index (Phi) is 2.71. The molecule has 0 radical (unpaired) electrons. The Bertz CT molecular complexity index is 423. The average molecular weight is 264 g/mol. The molecule has 1 saturated heterocycles. The normalized spacial score (nSPS) is 28.2. The molecule has 2 rings (SSSR count). The summed E-state index contributed by atoms with van der Waals surface area (Å²) in [5.41, 5.74) is 0. The summed E-state index contributed by atoms with van der Waals surface area (Å²) in [6.07, 6.45) is -4.34. The van der Waals surface area contributed by atoms with Crippen LogP contribution in [-0.2, 0) is 4.79 Å². The molecule has 0 spiro atoms. The molecule has 1 fully saturated rings. The topological polar surface area (TPSA) is 56.2 Å². The van der Waals surface area contributed by atoms with Gasteiger partial charge >= 0.3 is 12.2 Å². The van der Waals surface area contributed by atoms with Crippen LogP contribution in [0.5, 0.6) is 0 Å². The van der Waals surface area contributed by atoms with Gasteiger partial charge in [0.05, 0.1) is 6.34 Å². The van der Waals surface area contributed by atoms with Crippen molar-refractivity contribution in [2.45, 2.75) is 18.4 Å². The molecule has 2 unspecified atom stereocenters. The highest BCUT2D eigenvalue weighted by atomic mass is 19.4. The van der Waals surface area contributed by atoms with Crippen molar-refractivity contribution < 1.29 is 22.8 Å². The first kappa shape index (κ1) is 12.7. The van der Waals surface area contributed by atoms with E-state index in [4.69, 9.17) is 0 Å². The number of halogens is 3. The van der Waals surface area contributed by atoms with E-state index in [1.807, 2.05) is 0 Å². The lowest BCUT2D eigenvalue weighted by Gasteiger charge is -2.39. The second-order valence-electron chi connectivity index (χ2n) is 4.20. The predicted octanol–water partition coefficient (Wildman–Crippen LogP) is 0.111. The monoisotopic (exact) mass is 264 g/mol. The average Bonchev–Trinajstić information content (AvgIpc) is 2.65. The number of urea groups is 1. The van der Waals surface area contributed by atoms with E-state index >= 15 is 0 Å². The number of hydrogen-bond acceptors (Lipinski definition) is 4. The van der Waals surface area contributed by atoms with Gasteiger partial charge in [0, 0.05) is 14.1 Å². The van der Waals surface area contributed by atoms with Gasteiger partial charge in [-0.15, -0.1) is 0 Å². The summed E-state index contributed by atoms with van der Waals surface area (Å²) in [7, 11) is 2.64. The number of amides is 3. The van der Waals surface area contributed by atoms with Crippen LogP contribution in [0.2, 0.25) is 0 Å². The number of carbonyl (C=O) groups excluding carboxylic acids is 2. The molecule has 0 aliphatic carbocycles. The molecule has 2 atom stereocenters. The van der Waals surface area contributed by atoms with Crippen molar-refractivity contribution in [2.75, 3.05) is 20.6 Å². The lowest BCUT2D eigenvalue weighted by atomic mass is 10.1. The van der Waals surface area contributed by atoms with Crippen molar-refractivity contribution in [3.8, 4) is 0 Å².